The molecule has 2 N–H and O–H groups in total. The molecule has 3 rings (SSSR count). The standard InChI is InChI=1S/C16H12ClNO3/c1-21-11-6-7-13-12(8-11)15(19)14(16(20)18-13)9-2-4-10(17)5-3-9/h2-8H,1H3,(H2,18,19,20). The van der Waals surface area contributed by atoms with Crippen LogP contribution in [-0.2, 0) is 0 Å². The quantitative estimate of drug-likeness (QED) is 0.760. The van der Waals surface area contributed by atoms with E-state index in [0.717, 1.165) is 0 Å². The number of H-pyrrole nitrogens is 1. The molecule has 3 aromatic rings. The van der Waals surface area contributed by atoms with Gasteiger partial charge in [0.2, 0.25) is 0 Å². The zero-order valence-corrected chi connectivity index (χ0v) is 11.9. The van der Waals surface area contributed by atoms with Gasteiger partial charge in [-0.3, -0.25) is 4.79 Å². The number of ether oxygens (including phenoxy) is 1. The van der Waals surface area contributed by atoms with Crippen molar-refractivity contribution in [1.29, 1.82) is 0 Å². The molecule has 1 heterocycles. The van der Waals surface area contributed by atoms with Crippen LogP contribution in [0.5, 0.6) is 11.5 Å². The number of pyridine rings is 1. The summed E-state index contributed by atoms with van der Waals surface area (Å²) >= 11 is 5.85. The minimum absolute atomic E-state index is 0.0741. The lowest BCUT2D eigenvalue weighted by atomic mass is 10.0. The van der Waals surface area contributed by atoms with Gasteiger partial charge >= 0.3 is 0 Å². The van der Waals surface area contributed by atoms with Crippen LogP contribution in [0.4, 0.5) is 0 Å². The Morgan fingerprint density at radius 2 is 1.86 bits per heavy atom. The number of benzene rings is 2. The smallest absolute Gasteiger partial charge is 0.260 e. The number of aromatic hydroxyl groups is 1. The third-order valence-corrected chi connectivity index (χ3v) is 3.58. The fraction of sp³-hybridized carbons (Fsp3) is 0.0625. The Labute approximate surface area is 125 Å². The Balaban J connectivity index is 2.32. The van der Waals surface area contributed by atoms with E-state index in [1.807, 2.05) is 0 Å². The highest BCUT2D eigenvalue weighted by Crippen LogP contribution is 2.34. The molecule has 0 aliphatic rings. The van der Waals surface area contributed by atoms with E-state index in [2.05, 4.69) is 4.98 Å². The molecule has 0 amide bonds. The summed E-state index contributed by atoms with van der Waals surface area (Å²) in [5.74, 6) is 0.530. The van der Waals surface area contributed by atoms with Crippen LogP contribution in [0.3, 0.4) is 0 Å². The van der Waals surface area contributed by atoms with Gasteiger partial charge in [0.25, 0.3) is 5.56 Å². The Bertz CT molecular complexity index is 869. The summed E-state index contributed by atoms with van der Waals surface area (Å²) in [7, 11) is 1.55. The summed E-state index contributed by atoms with van der Waals surface area (Å²) in [6, 6.07) is 11.8. The van der Waals surface area contributed by atoms with Crippen molar-refractivity contribution in [2.75, 3.05) is 7.11 Å². The minimum atomic E-state index is -0.354. The number of fused-ring (bicyclic) bond motifs is 1. The third-order valence-electron chi connectivity index (χ3n) is 3.33. The first kappa shape index (κ1) is 13.5. The van der Waals surface area contributed by atoms with Crippen molar-refractivity contribution in [3.8, 4) is 22.6 Å². The van der Waals surface area contributed by atoms with Crippen LogP contribution >= 0.6 is 11.6 Å². The lowest BCUT2D eigenvalue weighted by Gasteiger charge is -2.09. The van der Waals surface area contributed by atoms with Crippen molar-refractivity contribution in [3.63, 3.8) is 0 Å². The topological polar surface area (TPSA) is 62.3 Å². The molecule has 0 aliphatic carbocycles. The van der Waals surface area contributed by atoms with Gasteiger partial charge in [-0.15, -0.1) is 0 Å². The molecule has 106 valence electrons. The molecule has 0 spiro atoms. The molecule has 1 aromatic heterocycles. The number of rotatable bonds is 2. The van der Waals surface area contributed by atoms with Gasteiger partial charge in [-0.25, -0.2) is 0 Å². The van der Waals surface area contributed by atoms with Crippen molar-refractivity contribution < 1.29 is 9.84 Å². The number of nitrogens with one attached hydrogen (secondary N) is 1. The van der Waals surface area contributed by atoms with Crippen molar-refractivity contribution in [2.24, 2.45) is 0 Å². The SMILES string of the molecule is COc1ccc2[nH]c(=O)c(-c3ccc(Cl)cc3)c(O)c2c1. The van der Waals surface area contributed by atoms with Gasteiger partial charge in [-0.2, -0.15) is 0 Å². The maximum Gasteiger partial charge on any atom is 0.260 e. The Hall–Kier alpha value is -2.46. The van der Waals surface area contributed by atoms with Gasteiger partial charge in [-0.05, 0) is 35.9 Å². The summed E-state index contributed by atoms with van der Waals surface area (Å²) in [5.41, 5.74) is 1.01. The van der Waals surface area contributed by atoms with Gasteiger partial charge in [0.05, 0.1) is 18.2 Å². The van der Waals surface area contributed by atoms with Gasteiger partial charge in [0.1, 0.15) is 11.5 Å². The van der Waals surface area contributed by atoms with Crippen LogP contribution in [0.1, 0.15) is 0 Å². The van der Waals surface area contributed by atoms with Crippen molar-refractivity contribution >= 4 is 22.5 Å². The van der Waals surface area contributed by atoms with E-state index in [-0.39, 0.29) is 16.9 Å². The van der Waals surface area contributed by atoms with Gasteiger partial charge < -0.3 is 14.8 Å². The van der Waals surface area contributed by atoms with Gasteiger partial charge in [-0.1, -0.05) is 23.7 Å². The number of halogens is 1. The van der Waals surface area contributed by atoms with E-state index < -0.39 is 0 Å². The third kappa shape index (κ3) is 2.34. The number of aromatic amines is 1. The molecule has 0 bridgehead atoms. The van der Waals surface area contributed by atoms with Crippen LogP contribution < -0.4 is 10.3 Å². The lowest BCUT2D eigenvalue weighted by Crippen LogP contribution is -2.09. The van der Waals surface area contributed by atoms with Crippen LogP contribution in [0.15, 0.2) is 47.3 Å². The Morgan fingerprint density at radius 3 is 2.52 bits per heavy atom. The van der Waals surface area contributed by atoms with Crippen LogP contribution in [0.25, 0.3) is 22.0 Å². The molecule has 0 saturated heterocycles. The van der Waals surface area contributed by atoms with Crippen LogP contribution in [-0.4, -0.2) is 17.2 Å². The molecular weight excluding hydrogens is 290 g/mol. The molecule has 0 radical (unpaired) electrons. The molecule has 21 heavy (non-hydrogen) atoms. The van der Waals surface area contributed by atoms with Gasteiger partial charge in [0, 0.05) is 10.4 Å². The maximum absolute atomic E-state index is 12.2. The summed E-state index contributed by atoms with van der Waals surface area (Å²) in [6.07, 6.45) is 0. The highest BCUT2D eigenvalue weighted by atomic mass is 35.5. The number of hydrogen-bond donors (Lipinski definition) is 2. The summed E-state index contributed by atoms with van der Waals surface area (Å²) < 4.78 is 5.15. The first-order chi connectivity index (χ1) is 10.1. The van der Waals surface area contributed by atoms with E-state index >= 15 is 0 Å². The Kier molecular flexibility index (Phi) is 3.31. The lowest BCUT2D eigenvalue weighted by molar-refractivity contribution is 0.415. The molecule has 0 fully saturated rings. The zero-order chi connectivity index (χ0) is 15.0. The summed E-state index contributed by atoms with van der Waals surface area (Å²) in [6.45, 7) is 0. The summed E-state index contributed by atoms with van der Waals surface area (Å²) in [4.78, 5) is 15.0. The highest BCUT2D eigenvalue weighted by molar-refractivity contribution is 6.30. The highest BCUT2D eigenvalue weighted by Gasteiger charge is 2.14. The number of methoxy groups -OCH3 is 1. The first-order valence-electron chi connectivity index (χ1n) is 6.29. The Morgan fingerprint density at radius 1 is 1.14 bits per heavy atom. The fourth-order valence-electron chi connectivity index (χ4n) is 2.27. The largest absolute Gasteiger partial charge is 0.506 e. The molecule has 0 unspecified atom stereocenters. The second-order valence-corrected chi connectivity index (χ2v) is 5.03. The maximum atomic E-state index is 12.2. The van der Waals surface area contributed by atoms with E-state index in [1.165, 1.54) is 0 Å². The van der Waals surface area contributed by atoms with Crippen molar-refractivity contribution in [2.45, 2.75) is 0 Å². The second kappa shape index (κ2) is 5.14. The van der Waals surface area contributed by atoms with Crippen LogP contribution in [0, 0.1) is 0 Å². The zero-order valence-electron chi connectivity index (χ0n) is 11.2. The van der Waals surface area contributed by atoms with E-state index in [4.69, 9.17) is 16.3 Å². The van der Waals surface area contributed by atoms with E-state index in [9.17, 15) is 9.90 Å². The van der Waals surface area contributed by atoms with Crippen molar-refractivity contribution in [1.82, 2.24) is 4.98 Å². The average Bonchev–Trinajstić information content (AvgIpc) is 2.49. The number of hydrogen-bond acceptors (Lipinski definition) is 3. The molecule has 0 saturated carbocycles. The minimum Gasteiger partial charge on any atom is -0.506 e. The normalized spacial score (nSPS) is 10.8. The average molecular weight is 302 g/mol. The van der Waals surface area contributed by atoms with Crippen LogP contribution in [0.2, 0.25) is 5.02 Å². The fourth-order valence-corrected chi connectivity index (χ4v) is 2.39. The molecule has 4 nitrogen and oxygen atoms in total. The van der Waals surface area contributed by atoms with Crippen molar-refractivity contribution in [3.05, 3.63) is 57.8 Å². The predicted octanol–water partition coefficient (Wildman–Crippen LogP) is 3.56. The second-order valence-electron chi connectivity index (χ2n) is 4.60. The molecule has 0 atom stereocenters. The monoisotopic (exact) mass is 301 g/mol. The molecule has 2 aromatic carbocycles. The van der Waals surface area contributed by atoms with E-state index in [1.54, 1.807) is 49.6 Å². The molecule has 0 aliphatic heterocycles. The molecular formula is C16H12ClNO3. The molecule has 5 heteroatoms. The number of aromatic nitrogens is 1. The van der Waals surface area contributed by atoms with E-state index in [0.29, 0.717) is 27.2 Å². The summed E-state index contributed by atoms with van der Waals surface area (Å²) in [5, 5.41) is 11.6. The first-order valence-corrected chi connectivity index (χ1v) is 6.67. The predicted molar refractivity (Wildman–Crippen MR) is 83.2 cm³/mol. The van der Waals surface area contributed by atoms with Gasteiger partial charge in [0.15, 0.2) is 0 Å².